The molecular formula is C48H48F3N9O6S. The normalized spacial score (nSPS) is 22.6. The molecule has 0 radical (unpaired) electrons. The SMILES string of the molecule is O=C1CCC(N2Cc3cc(C4CCN(CC5CC6(C5)CN(c5ccc(-c7cnc8[nH]cc(C(=O)c9c(F)ccc(NS(=O)(=O)N%10CC[C@@H](F)C%10)c9F)c8c7)cn5)C6)CC4)ccc3C2=O)C(=O)N1. The lowest BCUT2D eigenvalue weighted by molar-refractivity contribution is -0.136. The predicted molar refractivity (Wildman–Crippen MR) is 241 cm³/mol. The van der Waals surface area contributed by atoms with E-state index in [9.17, 15) is 32.0 Å². The number of benzene rings is 2. The van der Waals surface area contributed by atoms with E-state index in [1.165, 1.54) is 24.6 Å². The van der Waals surface area contributed by atoms with Gasteiger partial charge in [0.2, 0.25) is 17.6 Å². The molecule has 348 valence electrons. The number of halogens is 3. The van der Waals surface area contributed by atoms with Gasteiger partial charge >= 0.3 is 10.2 Å². The lowest BCUT2D eigenvalue weighted by Crippen LogP contribution is -2.63. The van der Waals surface area contributed by atoms with E-state index in [4.69, 9.17) is 4.98 Å². The van der Waals surface area contributed by atoms with Crippen LogP contribution in [0.15, 0.2) is 67.1 Å². The summed E-state index contributed by atoms with van der Waals surface area (Å²) in [5.41, 5.74) is 3.20. The summed E-state index contributed by atoms with van der Waals surface area (Å²) in [6.07, 6.45) is 8.38. The first-order valence-electron chi connectivity index (χ1n) is 22.8. The number of ketones is 1. The van der Waals surface area contributed by atoms with Crippen molar-refractivity contribution in [2.75, 3.05) is 55.4 Å². The Labute approximate surface area is 384 Å². The fraction of sp³-hybridized carbons (Fsp3) is 0.417. The van der Waals surface area contributed by atoms with E-state index in [0.717, 1.165) is 78.9 Å². The summed E-state index contributed by atoms with van der Waals surface area (Å²) in [5.74, 6) is -2.46. The monoisotopic (exact) mass is 935 g/mol. The van der Waals surface area contributed by atoms with Crippen LogP contribution in [0.3, 0.4) is 0 Å². The van der Waals surface area contributed by atoms with Crippen LogP contribution in [0.2, 0.25) is 0 Å². The Kier molecular flexibility index (Phi) is 10.7. The van der Waals surface area contributed by atoms with Gasteiger partial charge in [-0.2, -0.15) is 12.7 Å². The molecule has 3 amide bonds. The van der Waals surface area contributed by atoms with Crippen molar-refractivity contribution in [3.05, 3.63) is 107 Å². The maximum atomic E-state index is 15.8. The molecule has 5 fully saturated rings. The van der Waals surface area contributed by atoms with Gasteiger partial charge in [-0.25, -0.2) is 23.1 Å². The second-order valence-electron chi connectivity index (χ2n) is 19.2. The van der Waals surface area contributed by atoms with Crippen LogP contribution in [0.1, 0.15) is 88.3 Å². The number of nitrogens with zero attached hydrogens (tertiary/aromatic N) is 6. The third-order valence-corrected chi connectivity index (χ3v) is 16.3. The Morgan fingerprint density at radius 2 is 1.70 bits per heavy atom. The molecule has 4 saturated heterocycles. The van der Waals surface area contributed by atoms with Crippen molar-refractivity contribution in [1.82, 2.24) is 34.4 Å². The number of amides is 3. The largest absolute Gasteiger partial charge is 0.355 e. The first-order valence-corrected chi connectivity index (χ1v) is 24.3. The van der Waals surface area contributed by atoms with Crippen LogP contribution in [0, 0.1) is 23.0 Å². The Hall–Kier alpha value is -6.18. The van der Waals surface area contributed by atoms with Gasteiger partial charge in [-0.1, -0.05) is 12.1 Å². The van der Waals surface area contributed by atoms with Crippen molar-refractivity contribution in [3.63, 3.8) is 0 Å². The van der Waals surface area contributed by atoms with E-state index < -0.39 is 57.0 Å². The number of hydrogen-bond donors (Lipinski definition) is 3. The number of aromatic amines is 1. The molecule has 1 aliphatic carbocycles. The maximum Gasteiger partial charge on any atom is 0.301 e. The summed E-state index contributed by atoms with van der Waals surface area (Å²) in [6, 6.07) is 12.8. The number of H-pyrrole nitrogens is 1. The number of aromatic nitrogens is 3. The standard InChI is InChI=1S/C48H48F3N9O6S/c49-33-11-14-59(24-33)67(65,66)56-38-5-4-37(50)42(43(38)51)44(62)36-21-54-45-35(36)16-31(20-53-45)30-2-7-40(52-19-30)58-25-48(26-58)17-27(18-48)22-57-12-9-28(10-13-57)29-1-3-34-32(15-29)23-60(47(34)64)39-6-8-41(61)55-46(39)63/h1-5,7,15-16,19-21,27-28,33,39,56H,6,8-14,17-18,22-26H2,(H,53,54)(H,55,61,63)/t33-,39?/m1/s1. The molecule has 15 nitrogen and oxygen atoms in total. The second-order valence-corrected chi connectivity index (χ2v) is 20.9. The summed E-state index contributed by atoms with van der Waals surface area (Å²) in [5, 5.41) is 2.69. The summed E-state index contributed by atoms with van der Waals surface area (Å²) in [7, 11) is -4.36. The Morgan fingerprint density at radius 3 is 2.43 bits per heavy atom. The number of alkyl halides is 1. The van der Waals surface area contributed by atoms with Crippen LogP contribution in [0.5, 0.6) is 0 Å². The molecular weight excluding hydrogens is 888 g/mol. The number of carbonyl (C=O) groups excluding carboxylic acids is 4. The lowest BCUT2D eigenvalue weighted by atomic mass is 9.57. The summed E-state index contributed by atoms with van der Waals surface area (Å²) in [4.78, 5) is 69.6. The topological polar surface area (TPSA) is 181 Å². The first kappa shape index (κ1) is 43.4. The van der Waals surface area contributed by atoms with Gasteiger partial charge in [-0.3, -0.25) is 29.2 Å². The van der Waals surface area contributed by atoms with E-state index in [2.05, 4.69) is 37.2 Å². The number of anilines is 2. The quantitative estimate of drug-likeness (QED) is 0.110. The third-order valence-electron chi connectivity index (χ3n) is 14.8. The van der Waals surface area contributed by atoms with Gasteiger partial charge in [0.25, 0.3) is 5.91 Å². The number of pyridine rings is 2. The average molecular weight is 936 g/mol. The van der Waals surface area contributed by atoms with Gasteiger partial charge in [0.15, 0.2) is 5.82 Å². The summed E-state index contributed by atoms with van der Waals surface area (Å²) < 4.78 is 73.1. The molecule has 1 spiro atoms. The Morgan fingerprint density at radius 1 is 0.910 bits per heavy atom. The molecule has 6 aliphatic rings. The van der Waals surface area contributed by atoms with Crippen molar-refractivity contribution >= 4 is 56.3 Å². The van der Waals surface area contributed by atoms with Gasteiger partial charge in [-0.05, 0) is 111 Å². The molecule has 5 aliphatic heterocycles. The van der Waals surface area contributed by atoms with Crippen LogP contribution in [-0.4, -0.2) is 119 Å². The van der Waals surface area contributed by atoms with Gasteiger partial charge in [-0.15, -0.1) is 0 Å². The lowest BCUT2D eigenvalue weighted by Gasteiger charge is -2.60. The molecule has 11 rings (SSSR count). The summed E-state index contributed by atoms with van der Waals surface area (Å²) >= 11 is 0. The highest BCUT2D eigenvalue weighted by Crippen LogP contribution is 2.53. The molecule has 67 heavy (non-hydrogen) atoms. The number of carbonyl (C=O) groups is 4. The highest BCUT2D eigenvalue weighted by molar-refractivity contribution is 7.90. The van der Waals surface area contributed by atoms with Crippen molar-refractivity contribution in [3.8, 4) is 11.1 Å². The van der Waals surface area contributed by atoms with Gasteiger partial charge < -0.3 is 19.7 Å². The molecule has 2 atom stereocenters. The molecule has 2 aromatic carbocycles. The minimum atomic E-state index is -4.36. The van der Waals surface area contributed by atoms with E-state index in [0.29, 0.717) is 52.4 Å². The van der Waals surface area contributed by atoms with Crippen molar-refractivity contribution in [1.29, 1.82) is 0 Å². The summed E-state index contributed by atoms with van der Waals surface area (Å²) in [6.45, 7) is 4.93. The zero-order chi connectivity index (χ0) is 46.4. The molecule has 3 aromatic heterocycles. The van der Waals surface area contributed by atoms with Crippen molar-refractivity contribution in [2.45, 2.75) is 69.6 Å². The van der Waals surface area contributed by atoms with Crippen LogP contribution in [-0.2, 0) is 26.3 Å². The highest BCUT2D eigenvalue weighted by atomic mass is 32.2. The van der Waals surface area contributed by atoms with Gasteiger partial charge in [0, 0.05) is 97.3 Å². The smallest absolute Gasteiger partial charge is 0.301 e. The zero-order valence-corrected chi connectivity index (χ0v) is 37.3. The number of fused-ring (bicyclic) bond motifs is 2. The van der Waals surface area contributed by atoms with Crippen molar-refractivity contribution < 1.29 is 40.8 Å². The highest BCUT2D eigenvalue weighted by Gasteiger charge is 2.53. The number of imide groups is 1. The molecule has 19 heteroatoms. The minimum Gasteiger partial charge on any atom is -0.355 e. The van der Waals surface area contributed by atoms with Crippen LogP contribution in [0.25, 0.3) is 22.2 Å². The number of likely N-dealkylation sites (tertiary alicyclic amines) is 1. The fourth-order valence-electron chi connectivity index (χ4n) is 11.3. The molecule has 3 N–H and O–H groups in total. The van der Waals surface area contributed by atoms with Crippen LogP contribution < -0.4 is 14.9 Å². The molecule has 5 aromatic rings. The maximum absolute atomic E-state index is 15.8. The van der Waals surface area contributed by atoms with E-state index >= 15 is 8.78 Å². The molecule has 1 unspecified atom stereocenters. The number of rotatable bonds is 11. The molecule has 0 bridgehead atoms. The zero-order valence-electron chi connectivity index (χ0n) is 36.4. The van der Waals surface area contributed by atoms with E-state index in [1.807, 2.05) is 22.9 Å². The average Bonchev–Trinajstić information content (AvgIpc) is 4.02. The fourth-order valence-corrected chi connectivity index (χ4v) is 12.6. The first-order chi connectivity index (χ1) is 32.2. The van der Waals surface area contributed by atoms with Crippen molar-refractivity contribution in [2.24, 2.45) is 11.3 Å². The minimum absolute atomic E-state index is 0.00250. The Balaban J connectivity index is 0.671. The second kappa shape index (κ2) is 16.6. The van der Waals surface area contributed by atoms with E-state index in [1.54, 1.807) is 23.4 Å². The van der Waals surface area contributed by atoms with Crippen LogP contribution >= 0.6 is 0 Å². The number of piperidine rings is 2. The Bertz CT molecular complexity index is 2960. The molecule has 8 heterocycles. The third kappa shape index (κ3) is 7.93. The van der Waals surface area contributed by atoms with Gasteiger partial charge in [0.05, 0.1) is 11.3 Å². The molecule has 1 saturated carbocycles. The van der Waals surface area contributed by atoms with E-state index in [-0.39, 0.29) is 43.3 Å². The predicted octanol–water partition coefficient (Wildman–Crippen LogP) is 5.69. The number of hydrogen-bond acceptors (Lipinski definition) is 10. The van der Waals surface area contributed by atoms with Crippen LogP contribution in [0.4, 0.5) is 24.7 Å². The number of nitrogens with one attached hydrogen (secondary N) is 3. The van der Waals surface area contributed by atoms with Gasteiger partial charge in [0.1, 0.15) is 29.5 Å².